The maximum absolute atomic E-state index is 5.60. The van der Waals surface area contributed by atoms with Crippen LogP contribution in [0, 0.1) is 0 Å². The number of fused-ring (bicyclic) bond motifs is 1. The summed E-state index contributed by atoms with van der Waals surface area (Å²) in [4.78, 5) is 0. The van der Waals surface area contributed by atoms with Gasteiger partial charge >= 0.3 is 0 Å². The van der Waals surface area contributed by atoms with Gasteiger partial charge in [-0.15, -0.1) is 0 Å². The summed E-state index contributed by atoms with van der Waals surface area (Å²) in [7, 11) is 0. The van der Waals surface area contributed by atoms with E-state index < -0.39 is 0 Å². The molecule has 1 aromatic carbocycles. The molecule has 3 heteroatoms. The maximum Gasteiger partial charge on any atom is 0.0483 e. The van der Waals surface area contributed by atoms with Crippen LogP contribution in [0.25, 0.3) is 10.9 Å². The summed E-state index contributed by atoms with van der Waals surface area (Å²) < 4.78 is 3.50. The first-order valence-electron chi connectivity index (χ1n) is 6.23. The molecule has 2 nitrogen and oxygen atoms in total. The highest BCUT2D eigenvalue weighted by molar-refractivity contribution is 9.10. The van der Waals surface area contributed by atoms with Crippen LogP contribution < -0.4 is 5.73 Å². The van der Waals surface area contributed by atoms with E-state index in [0.29, 0.717) is 0 Å². The van der Waals surface area contributed by atoms with Crippen LogP contribution in [-0.4, -0.2) is 11.1 Å². The topological polar surface area (TPSA) is 30.9 Å². The standard InChI is InChI=1S/C14H19BrN2/c1-2-8-17-10-11(4-3-7-16)13-9-12(15)5-6-14(13)17/h5-6,9-10H,2-4,7-8,16H2,1H3. The zero-order valence-corrected chi connectivity index (χ0v) is 11.8. The summed E-state index contributed by atoms with van der Waals surface area (Å²) >= 11 is 3.55. The van der Waals surface area contributed by atoms with Gasteiger partial charge in [-0.3, -0.25) is 0 Å². The molecule has 0 fully saturated rings. The van der Waals surface area contributed by atoms with E-state index >= 15 is 0 Å². The second-order valence-corrected chi connectivity index (χ2v) is 5.32. The Morgan fingerprint density at radius 3 is 2.88 bits per heavy atom. The smallest absolute Gasteiger partial charge is 0.0483 e. The minimum Gasteiger partial charge on any atom is -0.347 e. The van der Waals surface area contributed by atoms with E-state index in [4.69, 9.17) is 5.73 Å². The Balaban J connectivity index is 2.46. The second kappa shape index (κ2) is 5.69. The molecule has 0 radical (unpaired) electrons. The number of halogens is 1. The first kappa shape index (κ1) is 12.7. The number of hydrogen-bond donors (Lipinski definition) is 1. The molecule has 0 atom stereocenters. The summed E-state index contributed by atoms with van der Waals surface area (Å²) in [6.45, 7) is 4.06. The van der Waals surface area contributed by atoms with E-state index in [1.54, 1.807) is 0 Å². The summed E-state index contributed by atoms with van der Waals surface area (Å²) in [6.07, 6.45) is 5.57. The molecule has 17 heavy (non-hydrogen) atoms. The number of rotatable bonds is 5. The molecule has 0 aliphatic heterocycles. The molecule has 1 aromatic heterocycles. The predicted octanol–water partition coefficient (Wildman–Crippen LogP) is 3.71. The minimum absolute atomic E-state index is 0.758. The van der Waals surface area contributed by atoms with Gasteiger partial charge < -0.3 is 10.3 Å². The van der Waals surface area contributed by atoms with Crippen molar-refractivity contribution in [3.8, 4) is 0 Å². The van der Waals surface area contributed by atoms with Gasteiger partial charge in [0.05, 0.1) is 0 Å². The van der Waals surface area contributed by atoms with Crippen LogP contribution in [0.5, 0.6) is 0 Å². The molecule has 0 aliphatic carbocycles. The molecule has 92 valence electrons. The molecule has 0 spiro atoms. The molecule has 0 amide bonds. The van der Waals surface area contributed by atoms with E-state index in [1.807, 2.05) is 0 Å². The molecule has 0 saturated carbocycles. The van der Waals surface area contributed by atoms with E-state index in [2.05, 4.69) is 51.8 Å². The fraction of sp³-hybridized carbons (Fsp3) is 0.429. The van der Waals surface area contributed by atoms with Crippen molar-refractivity contribution in [2.75, 3.05) is 6.54 Å². The summed E-state index contributed by atoms with van der Waals surface area (Å²) in [5.41, 5.74) is 8.35. The van der Waals surface area contributed by atoms with Crippen molar-refractivity contribution >= 4 is 26.8 Å². The Labute approximate surface area is 111 Å². The van der Waals surface area contributed by atoms with Gasteiger partial charge in [-0.1, -0.05) is 22.9 Å². The molecule has 0 aliphatic rings. The third-order valence-corrected chi connectivity index (χ3v) is 3.53. The lowest BCUT2D eigenvalue weighted by molar-refractivity contribution is 0.699. The molecule has 0 unspecified atom stereocenters. The number of aryl methyl sites for hydroxylation is 2. The van der Waals surface area contributed by atoms with E-state index in [-0.39, 0.29) is 0 Å². The number of benzene rings is 1. The van der Waals surface area contributed by atoms with Crippen molar-refractivity contribution in [3.63, 3.8) is 0 Å². The fourth-order valence-corrected chi connectivity index (χ4v) is 2.62. The average molecular weight is 295 g/mol. The quantitative estimate of drug-likeness (QED) is 0.895. The normalized spacial score (nSPS) is 11.2. The van der Waals surface area contributed by atoms with Crippen LogP contribution in [0.3, 0.4) is 0 Å². The van der Waals surface area contributed by atoms with Gasteiger partial charge in [-0.25, -0.2) is 0 Å². The molecular formula is C14H19BrN2. The number of nitrogens with zero attached hydrogens (tertiary/aromatic N) is 1. The van der Waals surface area contributed by atoms with Gasteiger partial charge in [0.25, 0.3) is 0 Å². The van der Waals surface area contributed by atoms with Crippen molar-refractivity contribution in [1.82, 2.24) is 4.57 Å². The Bertz CT molecular complexity index is 502. The first-order chi connectivity index (χ1) is 8.26. The largest absolute Gasteiger partial charge is 0.347 e. The van der Waals surface area contributed by atoms with Crippen molar-refractivity contribution < 1.29 is 0 Å². The zero-order valence-electron chi connectivity index (χ0n) is 10.2. The van der Waals surface area contributed by atoms with Gasteiger partial charge in [-0.2, -0.15) is 0 Å². The van der Waals surface area contributed by atoms with Gasteiger partial charge in [-0.05, 0) is 49.6 Å². The molecular weight excluding hydrogens is 276 g/mol. The predicted molar refractivity (Wildman–Crippen MR) is 77.3 cm³/mol. The number of aromatic nitrogens is 1. The maximum atomic E-state index is 5.60. The van der Waals surface area contributed by atoms with Crippen LogP contribution in [-0.2, 0) is 13.0 Å². The third-order valence-electron chi connectivity index (χ3n) is 3.04. The van der Waals surface area contributed by atoms with Crippen molar-refractivity contribution in [2.24, 2.45) is 5.73 Å². The SMILES string of the molecule is CCCn1cc(CCCN)c2cc(Br)ccc21. The van der Waals surface area contributed by atoms with Crippen molar-refractivity contribution in [1.29, 1.82) is 0 Å². The van der Waals surface area contributed by atoms with Gasteiger partial charge in [0.2, 0.25) is 0 Å². The highest BCUT2D eigenvalue weighted by Crippen LogP contribution is 2.26. The van der Waals surface area contributed by atoms with Gasteiger partial charge in [0.1, 0.15) is 0 Å². The van der Waals surface area contributed by atoms with Crippen LogP contribution >= 0.6 is 15.9 Å². The van der Waals surface area contributed by atoms with E-state index in [1.165, 1.54) is 16.5 Å². The Kier molecular flexibility index (Phi) is 4.24. The summed E-state index contributed by atoms with van der Waals surface area (Å²) in [6, 6.07) is 6.52. The van der Waals surface area contributed by atoms with Crippen LogP contribution in [0.4, 0.5) is 0 Å². The molecule has 2 rings (SSSR count). The molecule has 2 N–H and O–H groups in total. The molecule has 2 aromatic rings. The monoisotopic (exact) mass is 294 g/mol. The molecule has 0 bridgehead atoms. The molecule has 0 saturated heterocycles. The van der Waals surface area contributed by atoms with E-state index in [9.17, 15) is 0 Å². The van der Waals surface area contributed by atoms with Gasteiger partial charge in [0.15, 0.2) is 0 Å². The lowest BCUT2D eigenvalue weighted by Gasteiger charge is -2.02. The fourth-order valence-electron chi connectivity index (χ4n) is 2.26. The van der Waals surface area contributed by atoms with Crippen LogP contribution in [0.1, 0.15) is 25.3 Å². The lowest BCUT2D eigenvalue weighted by atomic mass is 10.1. The Morgan fingerprint density at radius 2 is 2.18 bits per heavy atom. The van der Waals surface area contributed by atoms with Crippen molar-refractivity contribution in [2.45, 2.75) is 32.7 Å². The van der Waals surface area contributed by atoms with Crippen molar-refractivity contribution in [3.05, 3.63) is 34.4 Å². The Hall–Kier alpha value is -0.800. The van der Waals surface area contributed by atoms with Gasteiger partial charge in [0, 0.05) is 28.1 Å². The molecule has 1 heterocycles. The highest BCUT2D eigenvalue weighted by Gasteiger charge is 2.08. The van der Waals surface area contributed by atoms with Crippen LogP contribution in [0.2, 0.25) is 0 Å². The Morgan fingerprint density at radius 1 is 1.35 bits per heavy atom. The summed E-state index contributed by atoms with van der Waals surface area (Å²) in [5.74, 6) is 0. The number of nitrogens with two attached hydrogens (primary N) is 1. The lowest BCUT2D eigenvalue weighted by Crippen LogP contribution is -2.00. The first-order valence-corrected chi connectivity index (χ1v) is 7.03. The van der Waals surface area contributed by atoms with E-state index in [0.717, 1.165) is 36.8 Å². The minimum atomic E-state index is 0.758. The number of hydrogen-bond acceptors (Lipinski definition) is 1. The summed E-state index contributed by atoms with van der Waals surface area (Å²) in [5, 5.41) is 1.36. The highest BCUT2D eigenvalue weighted by atomic mass is 79.9. The third kappa shape index (κ3) is 2.72. The average Bonchev–Trinajstić information content (AvgIpc) is 2.65. The van der Waals surface area contributed by atoms with Crippen LogP contribution in [0.15, 0.2) is 28.9 Å². The second-order valence-electron chi connectivity index (χ2n) is 4.40. The zero-order chi connectivity index (χ0) is 12.3.